The zero-order valence-electron chi connectivity index (χ0n) is 19.0. The molecule has 168 valence electrons. The second-order valence-corrected chi connectivity index (χ2v) is 9.48. The molecule has 0 saturated carbocycles. The van der Waals surface area contributed by atoms with Crippen LogP contribution in [0, 0.1) is 6.92 Å². The number of methoxy groups -OCH3 is 1. The third-order valence-electron chi connectivity index (χ3n) is 5.82. The van der Waals surface area contributed by atoms with Crippen LogP contribution in [0.1, 0.15) is 38.2 Å². The minimum Gasteiger partial charge on any atom is -0.496 e. The smallest absolute Gasteiger partial charge is 0.235 e. The van der Waals surface area contributed by atoms with Gasteiger partial charge >= 0.3 is 0 Å². The minimum atomic E-state index is -0.244. The summed E-state index contributed by atoms with van der Waals surface area (Å²) in [6.07, 6.45) is 4.58. The number of para-hydroxylation sites is 1. The number of amides is 1. The molecular formula is C25H30N4O2S. The Bertz CT molecular complexity index is 1060. The second kappa shape index (κ2) is 10.2. The molecule has 4 rings (SSSR count). The van der Waals surface area contributed by atoms with Crippen molar-refractivity contribution in [3.63, 3.8) is 0 Å². The number of nitrogens with zero attached hydrogens (tertiary/aromatic N) is 4. The fourth-order valence-corrected chi connectivity index (χ4v) is 4.98. The zero-order chi connectivity index (χ0) is 22.5. The summed E-state index contributed by atoms with van der Waals surface area (Å²) >= 11 is 1.46. The molecule has 1 fully saturated rings. The van der Waals surface area contributed by atoms with Crippen LogP contribution in [0.2, 0.25) is 0 Å². The zero-order valence-corrected chi connectivity index (χ0v) is 19.8. The number of benzene rings is 2. The minimum absolute atomic E-state index is 0.175. The molecule has 1 amide bonds. The molecule has 0 bridgehead atoms. The van der Waals surface area contributed by atoms with Crippen LogP contribution in [0.25, 0.3) is 17.1 Å². The lowest BCUT2D eigenvalue weighted by molar-refractivity contribution is -0.130. The van der Waals surface area contributed by atoms with Crippen molar-refractivity contribution in [2.24, 2.45) is 0 Å². The highest BCUT2D eigenvalue weighted by atomic mass is 32.2. The Labute approximate surface area is 194 Å². The molecular weight excluding hydrogens is 420 g/mol. The van der Waals surface area contributed by atoms with Crippen molar-refractivity contribution in [2.45, 2.75) is 49.9 Å². The number of carbonyl (C=O) groups excluding carboxylic acids is 1. The van der Waals surface area contributed by atoms with Crippen LogP contribution in [0.5, 0.6) is 5.75 Å². The van der Waals surface area contributed by atoms with Crippen molar-refractivity contribution in [1.29, 1.82) is 0 Å². The number of hydrogen-bond acceptors (Lipinski definition) is 5. The Balaban J connectivity index is 1.69. The van der Waals surface area contributed by atoms with E-state index in [1.165, 1.54) is 30.2 Å². The average molecular weight is 451 g/mol. The Morgan fingerprint density at radius 3 is 2.38 bits per heavy atom. The topological polar surface area (TPSA) is 60.3 Å². The van der Waals surface area contributed by atoms with E-state index < -0.39 is 0 Å². The summed E-state index contributed by atoms with van der Waals surface area (Å²) in [5, 5.41) is 9.48. The number of thioether (sulfide) groups is 1. The molecule has 0 spiro atoms. The average Bonchev–Trinajstić information content (AvgIpc) is 3.03. The first-order valence-electron chi connectivity index (χ1n) is 11.2. The maximum absolute atomic E-state index is 13.2. The predicted molar refractivity (Wildman–Crippen MR) is 128 cm³/mol. The Kier molecular flexibility index (Phi) is 7.15. The first-order chi connectivity index (χ1) is 15.6. The summed E-state index contributed by atoms with van der Waals surface area (Å²) in [6.45, 7) is 5.73. The van der Waals surface area contributed by atoms with Crippen LogP contribution in [-0.4, -0.2) is 51.0 Å². The Hall–Kier alpha value is -2.80. The second-order valence-electron chi connectivity index (χ2n) is 8.18. The van der Waals surface area contributed by atoms with Gasteiger partial charge in [-0.05, 0) is 51.0 Å². The molecule has 2 heterocycles. The van der Waals surface area contributed by atoms with Gasteiger partial charge in [0.2, 0.25) is 5.91 Å². The van der Waals surface area contributed by atoms with Crippen LogP contribution >= 0.6 is 11.8 Å². The molecule has 3 aromatic rings. The molecule has 0 aliphatic carbocycles. The lowest BCUT2D eigenvalue weighted by atomic mass is 10.1. The third kappa shape index (κ3) is 4.83. The summed E-state index contributed by atoms with van der Waals surface area (Å²) in [6, 6.07) is 16.1. The third-order valence-corrected chi connectivity index (χ3v) is 6.85. The molecule has 1 aromatic heterocycles. The molecule has 1 atom stereocenters. The molecule has 2 aromatic carbocycles. The first-order valence-corrected chi connectivity index (χ1v) is 12.1. The van der Waals surface area contributed by atoms with Crippen LogP contribution < -0.4 is 4.74 Å². The van der Waals surface area contributed by atoms with Crippen LogP contribution in [0.4, 0.5) is 0 Å². The molecule has 1 aliphatic rings. The van der Waals surface area contributed by atoms with Crippen molar-refractivity contribution in [3.8, 4) is 22.8 Å². The predicted octanol–water partition coefficient (Wildman–Crippen LogP) is 5.13. The molecule has 1 aliphatic heterocycles. The van der Waals surface area contributed by atoms with Gasteiger partial charge in [0.15, 0.2) is 11.0 Å². The highest BCUT2D eigenvalue weighted by Gasteiger charge is 2.26. The lowest BCUT2D eigenvalue weighted by Gasteiger charge is -2.23. The normalized spacial score (nSPS) is 15.3. The number of aromatic nitrogens is 3. The summed E-state index contributed by atoms with van der Waals surface area (Å²) in [5.74, 6) is 1.61. The van der Waals surface area contributed by atoms with Crippen molar-refractivity contribution >= 4 is 17.7 Å². The molecule has 1 saturated heterocycles. The van der Waals surface area contributed by atoms with E-state index >= 15 is 0 Å². The quantitative estimate of drug-likeness (QED) is 0.487. The van der Waals surface area contributed by atoms with Gasteiger partial charge in [-0.15, -0.1) is 10.2 Å². The van der Waals surface area contributed by atoms with Gasteiger partial charge in [0.25, 0.3) is 0 Å². The number of carbonyl (C=O) groups is 1. The SMILES string of the molecule is COc1ccccc1-c1nnc(SC(C)C(=O)N2CCCCCC2)n1-c1ccc(C)cc1. The number of likely N-dealkylation sites (tertiary alicyclic amines) is 1. The largest absolute Gasteiger partial charge is 0.496 e. The lowest BCUT2D eigenvalue weighted by Crippen LogP contribution is -2.37. The highest BCUT2D eigenvalue weighted by molar-refractivity contribution is 8.00. The number of ether oxygens (including phenoxy) is 1. The van der Waals surface area contributed by atoms with Gasteiger partial charge in [0.1, 0.15) is 5.75 Å². The maximum Gasteiger partial charge on any atom is 0.235 e. The van der Waals surface area contributed by atoms with Gasteiger partial charge in [-0.3, -0.25) is 9.36 Å². The highest BCUT2D eigenvalue weighted by Crippen LogP contribution is 2.34. The monoisotopic (exact) mass is 450 g/mol. The maximum atomic E-state index is 13.2. The van der Waals surface area contributed by atoms with E-state index in [0.717, 1.165) is 42.9 Å². The van der Waals surface area contributed by atoms with Gasteiger partial charge in [0, 0.05) is 18.8 Å². The van der Waals surface area contributed by atoms with E-state index in [2.05, 4.69) is 41.4 Å². The molecule has 6 nitrogen and oxygen atoms in total. The van der Waals surface area contributed by atoms with Crippen molar-refractivity contribution in [2.75, 3.05) is 20.2 Å². The number of rotatable bonds is 6. The van der Waals surface area contributed by atoms with E-state index in [-0.39, 0.29) is 11.2 Å². The van der Waals surface area contributed by atoms with Gasteiger partial charge < -0.3 is 9.64 Å². The fourth-order valence-electron chi connectivity index (χ4n) is 4.03. The molecule has 32 heavy (non-hydrogen) atoms. The summed E-state index contributed by atoms with van der Waals surface area (Å²) in [4.78, 5) is 15.2. The van der Waals surface area contributed by atoms with E-state index in [4.69, 9.17) is 4.74 Å². The van der Waals surface area contributed by atoms with Crippen LogP contribution in [0.15, 0.2) is 53.7 Å². The van der Waals surface area contributed by atoms with Gasteiger partial charge in [0.05, 0.1) is 17.9 Å². The van der Waals surface area contributed by atoms with Crippen molar-refractivity contribution < 1.29 is 9.53 Å². The Morgan fingerprint density at radius 1 is 1.00 bits per heavy atom. The summed E-state index contributed by atoms with van der Waals surface area (Å²) < 4.78 is 7.60. The first kappa shape index (κ1) is 22.4. The standard InChI is InChI=1S/C25H30N4O2S/c1-18-12-14-20(15-13-18)29-23(21-10-6-7-11-22(21)31-3)26-27-25(29)32-19(2)24(30)28-16-8-4-5-9-17-28/h6-7,10-15,19H,4-5,8-9,16-17H2,1-3H3. The van der Waals surface area contributed by atoms with E-state index in [1.54, 1.807) is 7.11 Å². The molecule has 0 N–H and O–H groups in total. The number of aryl methyl sites for hydroxylation is 1. The molecule has 1 unspecified atom stereocenters. The van der Waals surface area contributed by atoms with Gasteiger partial charge in [-0.1, -0.05) is 54.4 Å². The molecule has 0 radical (unpaired) electrons. The van der Waals surface area contributed by atoms with Gasteiger partial charge in [-0.25, -0.2) is 0 Å². The Morgan fingerprint density at radius 2 is 1.69 bits per heavy atom. The number of hydrogen-bond donors (Lipinski definition) is 0. The van der Waals surface area contributed by atoms with Crippen molar-refractivity contribution in [1.82, 2.24) is 19.7 Å². The summed E-state index contributed by atoms with van der Waals surface area (Å²) in [7, 11) is 1.66. The van der Waals surface area contributed by atoms with E-state index in [1.807, 2.05) is 40.7 Å². The van der Waals surface area contributed by atoms with Crippen LogP contribution in [0.3, 0.4) is 0 Å². The van der Waals surface area contributed by atoms with Gasteiger partial charge in [-0.2, -0.15) is 0 Å². The van der Waals surface area contributed by atoms with E-state index in [0.29, 0.717) is 11.0 Å². The van der Waals surface area contributed by atoms with E-state index in [9.17, 15) is 4.79 Å². The summed E-state index contributed by atoms with van der Waals surface area (Å²) in [5.41, 5.74) is 3.00. The van der Waals surface area contributed by atoms with Crippen molar-refractivity contribution in [3.05, 3.63) is 54.1 Å². The molecule has 7 heteroatoms. The van der Waals surface area contributed by atoms with Crippen LogP contribution in [-0.2, 0) is 4.79 Å². The fraction of sp³-hybridized carbons (Fsp3) is 0.400.